The molecule has 0 spiro atoms. The molecule has 2 heterocycles. The molecule has 1 N–H and O–H groups in total. The molecule has 0 atom stereocenters. The average molecular weight is 369 g/mol. The van der Waals surface area contributed by atoms with E-state index in [-0.39, 0.29) is 6.09 Å². The van der Waals surface area contributed by atoms with Crippen molar-refractivity contribution in [1.29, 1.82) is 0 Å². The highest BCUT2D eigenvalue weighted by Gasteiger charge is 2.23. The van der Waals surface area contributed by atoms with Crippen LogP contribution in [0.15, 0.2) is 30.3 Å². The zero-order valence-electron chi connectivity index (χ0n) is 16.2. The summed E-state index contributed by atoms with van der Waals surface area (Å²) in [5.74, 6) is 1.46. The van der Waals surface area contributed by atoms with Crippen molar-refractivity contribution in [3.8, 4) is 0 Å². The lowest BCUT2D eigenvalue weighted by Crippen LogP contribution is -2.49. The van der Waals surface area contributed by atoms with E-state index in [0.29, 0.717) is 38.7 Å². The van der Waals surface area contributed by atoms with Crippen molar-refractivity contribution in [2.75, 3.05) is 43.0 Å². The van der Waals surface area contributed by atoms with Crippen molar-refractivity contribution in [3.05, 3.63) is 41.6 Å². The van der Waals surface area contributed by atoms with E-state index >= 15 is 0 Å². The van der Waals surface area contributed by atoms with Gasteiger partial charge in [-0.3, -0.25) is 0 Å². The van der Waals surface area contributed by atoms with Crippen molar-refractivity contribution in [2.24, 2.45) is 0 Å². The summed E-state index contributed by atoms with van der Waals surface area (Å²) in [4.78, 5) is 24.9. The number of nitrogens with zero attached hydrogens (tertiary/aromatic N) is 4. The largest absolute Gasteiger partial charge is 0.450 e. The Morgan fingerprint density at radius 1 is 1.11 bits per heavy atom. The van der Waals surface area contributed by atoms with Gasteiger partial charge in [-0.25, -0.2) is 9.78 Å². The Bertz CT molecular complexity index is 770. The van der Waals surface area contributed by atoms with Gasteiger partial charge in [0.05, 0.1) is 6.61 Å². The van der Waals surface area contributed by atoms with Gasteiger partial charge in [0.15, 0.2) is 0 Å². The van der Waals surface area contributed by atoms with Gasteiger partial charge in [-0.1, -0.05) is 19.1 Å². The van der Waals surface area contributed by atoms with Gasteiger partial charge in [0.25, 0.3) is 0 Å². The van der Waals surface area contributed by atoms with Gasteiger partial charge in [-0.2, -0.15) is 4.98 Å². The molecule has 2 aromatic rings. The first-order valence-electron chi connectivity index (χ1n) is 9.47. The summed E-state index contributed by atoms with van der Waals surface area (Å²) in [5, 5.41) is 3.36. The second-order valence-electron chi connectivity index (χ2n) is 6.54. The van der Waals surface area contributed by atoms with Crippen molar-refractivity contribution in [3.63, 3.8) is 0 Å². The maximum Gasteiger partial charge on any atom is 0.409 e. The third-order valence-electron chi connectivity index (χ3n) is 4.57. The molecule has 3 rings (SSSR count). The van der Waals surface area contributed by atoms with Crippen LogP contribution in [0.25, 0.3) is 0 Å². The molecule has 144 valence electrons. The predicted octanol–water partition coefficient (Wildman–Crippen LogP) is 3.37. The molecular weight excluding hydrogens is 342 g/mol. The first-order chi connectivity index (χ1) is 13.1. The summed E-state index contributed by atoms with van der Waals surface area (Å²) in [5.41, 5.74) is 3.21. The predicted molar refractivity (Wildman–Crippen MR) is 107 cm³/mol. The van der Waals surface area contributed by atoms with Crippen LogP contribution < -0.4 is 10.2 Å². The summed E-state index contributed by atoms with van der Waals surface area (Å²) in [6, 6.07) is 10.3. The number of rotatable bonds is 5. The third-order valence-corrected chi connectivity index (χ3v) is 4.57. The van der Waals surface area contributed by atoms with Crippen LogP contribution in [0.2, 0.25) is 0 Å². The summed E-state index contributed by atoms with van der Waals surface area (Å²) >= 11 is 0. The minimum absolute atomic E-state index is 0.250. The minimum Gasteiger partial charge on any atom is -0.450 e. The number of hydrogen-bond donors (Lipinski definition) is 1. The number of aryl methyl sites for hydroxylation is 2. The van der Waals surface area contributed by atoms with Crippen molar-refractivity contribution in [1.82, 2.24) is 14.9 Å². The SMILES string of the molecule is CCOC(=O)N1CCN(c2nc(C)cc(Nc3ccc(CC)cc3)n2)CC1. The third kappa shape index (κ3) is 4.87. The molecule has 7 heteroatoms. The standard InChI is InChI=1S/C20H27N5O2/c1-4-16-6-8-17(9-7-16)22-18-14-15(3)21-19(23-18)24-10-12-25(13-11-24)20(26)27-5-2/h6-9,14H,4-5,10-13H2,1-3H3,(H,21,22,23). The van der Waals surface area contributed by atoms with E-state index < -0.39 is 0 Å². The zero-order chi connectivity index (χ0) is 19.2. The first kappa shape index (κ1) is 18.9. The molecule has 1 aromatic heterocycles. The molecule has 1 aliphatic rings. The summed E-state index contributed by atoms with van der Waals surface area (Å²) in [6.45, 7) is 8.91. The molecular formula is C20H27N5O2. The molecule has 0 saturated carbocycles. The van der Waals surface area contributed by atoms with Gasteiger partial charge in [-0.15, -0.1) is 0 Å². The highest BCUT2D eigenvalue weighted by Crippen LogP contribution is 2.20. The Balaban J connectivity index is 1.67. The number of piperazine rings is 1. The topological polar surface area (TPSA) is 70.6 Å². The van der Waals surface area contributed by atoms with E-state index in [1.165, 1.54) is 5.56 Å². The number of benzene rings is 1. The van der Waals surface area contributed by atoms with Gasteiger partial charge >= 0.3 is 6.09 Å². The number of hydrogen-bond acceptors (Lipinski definition) is 6. The quantitative estimate of drug-likeness (QED) is 0.871. The number of carbonyl (C=O) groups excluding carboxylic acids is 1. The van der Waals surface area contributed by atoms with E-state index in [9.17, 15) is 4.79 Å². The maximum atomic E-state index is 11.8. The highest BCUT2D eigenvalue weighted by atomic mass is 16.6. The molecule has 1 aliphatic heterocycles. The van der Waals surface area contributed by atoms with Crippen LogP contribution >= 0.6 is 0 Å². The second-order valence-corrected chi connectivity index (χ2v) is 6.54. The van der Waals surface area contributed by atoms with Gasteiger partial charge in [0, 0.05) is 43.6 Å². The molecule has 0 radical (unpaired) electrons. The molecule has 1 fully saturated rings. The van der Waals surface area contributed by atoms with Crippen LogP contribution in [0.5, 0.6) is 0 Å². The van der Waals surface area contributed by atoms with Crippen LogP contribution in [-0.2, 0) is 11.2 Å². The number of aromatic nitrogens is 2. The van der Waals surface area contributed by atoms with E-state index in [0.717, 1.165) is 23.6 Å². The van der Waals surface area contributed by atoms with Crippen molar-refractivity contribution < 1.29 is 9.53 Å². The van der Waals surface area contributed by atoms with Crippen LogP contribution in [0.1, 0.15) is 25.1 Å². The average Bonchev–Trinajstić information content (AvgIpc) is 2.68. The van der Waals surface area contributed by atoms with E-state index in [1.54, 1.807) is 4.90 Å². The fraction of sp³-hybridized carbons (Fsp3) is 0.450. The van der Waals surface area contributed by atoms with E-state index in [4.69, 9.17) is 4.74 Å². The number of nitrogens with one attached hydrogen (secondary N) is 1. The lowest BCUT2D eigenvalue weighted by atomic mass is 10.1. The molecule has 0 bridgehead atoms. The fourth-order valence-corrected chi connectivity index (χ4v) is 3.03. The summed E-state index contributed by atoms with van der Waals surface area (Å²) in [7, 11) is 0. The summed E-state index contributed by atoms with van der Waals surface area (Å²) < 4.78 is 5.07. The van der Waals surface area contributed by atoms with E-state index in [2.05, 4.69) is 51.4 Å². The van der Waals surface area contributed by atoms with Gasteiger partial charge < -0.3 is 19.9 Å². The smallest absolute Gasteiger partial charge is 0.409 e. The van der Waals surface area contributed by atoms with Crippen molar-refractivity contribution >= 4 is 23.5 Å². The van der Waals surface area contributed by atoms with Crippen LogP contribution in [0.4, 0.5) is 22.2 Å². The number of amides is 1. The van der Waals surface area contributed by atoms with Gasteiger partial charge in [-0.05, 0) is 38.0 Å². The molecule has 1 aromatic carbocycles. The molecule has 27 heavy (non-hydrogen) atoms. The molecule has 1 saturated heterocycles. The zero-order valence-corrected chi connectivity index (χ0v) is 16.2. The van der Waals surface area contributed by atoms with Gasteiger partial charge in [0.1, 0.15) is 5.82 Å². The highest BCUT2D eigenvalue weighted by molar-refractivity contribution is 5.68. The van der Waals surface area contributed by atoms with E-state index in [1.807, 2.05) is 19.9 Å². The minimum atomic E-state index is -0.250. The summed E-state index contributed by atoms with van der Waals surface area (Å²) in [6.07, 6.45) is 0.773. The Morgan fingerprint density at radius 3 is 2.44 bits per heavy atom. The lowest BCUT2D eigenvalue weighted by molar-refractivity contribution is 0.105. The Kier molecular flexibility index (Phi) is 6.11. The fourth-order valence-electron chi connectivity index (χ4n) is 3.03. The maximum absolute atomic E-state index is 11.8. The van der Waals surface area contributed by atoms with Crippen LogP contribution in [0, 0.1) is 6.92 Å². The monoisotopic (exact) mass is 369 g/mol. The number of carbonyl (C=O) groups is 1. The number of ether oxygens (including phenoxy) is 1. The number of anilines is 3. The second kappa shape index (κ2) is 8.70. The Morgan fingerprint density at radius 2 is 1.81 bits per heavy atom. The van der Waals surface area contributed by atoms with Crippen molar-refractivity contribution in [2.45, 2.75) is 27.2 Å². The molecule has 0 aliphatic carbocycles. The van der Waals surface area contributed by atoms with Crippen LogP contribution in [-0.4, -0.2) is 53.7 Å². The first-order valence-corrected chi connectivity index (χ1v) is 9.47. The molecule has 1 amide bonds. The molecule has 0 unspecified atom stereocenters. The Hall–Kier alpha value is -2.83. The van der Waals surface area contributed by atoms with Crippen LogP contribution in [0.3, 0.4) is 0 Å². The Labute approximate surface area is 160 Å². The lowest BCUT2D eigenvalue weighted by Gasteiger charge is -2.34. The molecule has 7 nitrogen and oxygen atoms in total. The normalized spacial score (nSPS) is 14.2. The van der Waals surface area contributed by atoms with Gasteiger partial charge in [0.2, 0.25) is 5.95 Å².